The van der Waals surface area contributed by atoms with Crippen molar-refractivity contribution < 1.29 is 9.21 Å². The number of nitrogens with zero attached hydrogens (tertiary/aromatic N) is 3. The zero-order valence-corrected chi connectivity index (χ0v) is 11.8. The molecule has 1 aromatic carbocycles. The van der Waals surface area contributed by atoms with Crippen molar-refractivity contribution in [1.29, 1.82) is 0 Å². The number of anilines is 2. The summed E-state index contributed by atoms with van der Waals surface area (Å²) in [5.41, 5.74) is 8.11. The molecule has 0 atom stereocenters. The van der Waals surface area contributed by atoms with Crippen LogP contribution in [0.4, 0.5) is 10.8 Å². The van der Waals surface area contributed by atoms with Gasteiger partial charge in [0.1, 0.15) is 5.69 Å². The van der Waals surface area contributed by atoms with E-state index in [9.17, 15) is 4.79 Å². The molecule has 0 aliphatic heterocycles. The number of amides is 1. The van der Waals surface area contributed by atoms with Gasteiger partial charge in [0.05, 0.1) is 0 Å². The SMILES string of the molecule is Cc1ccc(-c2nnco2)cc1NC(=O)c1csc(N)n1. The minimum Gasteiger partial charge on any atom is -0.423 e. The van der Waals surface area contributed by atoms with E-state index in [1.165, 1.54) is 17.7 Å². The molecule has 1 amide bonds. The number of aryl methyl sites for hydroxylation is 1. The van der Waals surface area contributed by atoms with Gasteiger partial charge in [-0.2, -0.15) is 0 Å². The van der Waals surface area contributed by atoms with Crippen LogP contribution in [0.1, 0.15) is 16.1 Å². The molecule has 0 aliphatic rings. The molecule has 2 heterocycles. The Balaban J connectivity index is 1.88. The van der Waals surface area contributed by atoms with Gasteiger partial charge in [-0.3, -0.25) is 4.79 Å². The number of benzene rings is 1. The van der Waals surface area contributed by atoms with Crippen molar-refractivity contribution in [1.82, 2.24) is 15.2 Å². The molecule has 0 bridgehead atoms. The lowest BCUT2D eigenvalue weighted by molar-refractivity contribution is 0.102. The summed E-state index contributed by atoms with van der Waals surface area (Å²) in [6, 6.07) is 5.49. The maximum atomic E-state index is 12.1. The number of nitrogen functional groups attached to an aromatic ring is 1. The van der Waals surface area contributed by atoms with Gasteiger partial charge in [0.15, 0.2) is 5.13 Å². The minimum absolute atomic E-state index is 0.292. The van der Waals surface area contributed by atoms with E-state index >= 15 is 0 Å². The van der Waals surface area contributed by atoms with Crippen LogP contribution in [0.2, 0.25) is 0 Å². The molecule has 21 heavy (non-hydrogen) atoms. The van der Waals surface area contributed by atoms with Crippen molar-refractivity contribution in [2.45, 2.75) is 6.92 Å². The topological polar surface area (TPSA) is 107 Å². The summed E-state index contributed by atoms with van der Waals surface area (Å²) >= 11 is 1.22. The second-order valence-corrected chi connectivity index (χ2v) is 5.19. The third kappa shape index (κ3) is 2.75. The molecule has 0 unspecified atom stereocenters. The first-order valence-electron chi connectivity index (χ1n) is 6.03. The molecule has 7 nitrogen and oxygen atoms in total. The average Bonchev–Trinajstić information content (AvgIpc) is 3.12. The molecule has 106 valence electrons. The van der Waals surface area contributed by atoms with Crippen LogP contribution in [0.15, 0.2) is 34.4 Å². The molecule has 0 saturated carbocycles. The summed E-state index contributed by atoms with van der Waals surface area (Å²) in [6.45, 7) is 1.89. The van der Waals surface area contributed by atoms with Crippen LogP contribution >= 0.6 is 11.3 Å². The van der Waals surface area contributed by atoms with E-state index in [0.29, 0.717) is 22.4 Å². The van der Waals surface area contributed by atoms with Crippen LogP contribution in [-0.4, -0.2) is 21.1 Å². The number of thiazole rings is 1. The molecule has 8 heteroatoms. The highest BCUT2D eigenvalue weighted by Crippen LogP contribution is 2.24. The molecule has 0 aliphatic carbocycles. The number of rotatable bonds is 3. The largest absolute Gasteiger partial charge is 0.423 e. The standard InChI is InChI=1S/C13H11N5O2S/c1-7-2-3-8(12-18-15-6-20-12)4-9(7)16-11(19)10-5-21-13(14)17-10/h2-6H,1H3,(H2,14,17)(H,16,19). The highest BCUT2D eigenvalue weighted by Gasteiger charge is 2.13. The number of nitrogens with two attached hydrogens (primary N) is 1. The van der Waals surface area contributed by atoms with Gasteiger partial charge in [-0.15, -0.1) is 21.5 Å². The molecular formula is C13H11N5O2S. The summed E-state index contributed by atoms with van der Waals surface area (Å²) in [4.78, 5) is 16.1. The van der Waals surface area contributed by atoms with Crippen LogP contribution in [0.3, 0.4) is 0 Å². The quantitative estimate of drug-likeness (QED) is 0.769. The highest BCUT2D eigenvalue weighted by molar-refractivity contribution is 7.13. The molecule has 3 aromatic rings. The first kappa shape index (κ1) is 13.3. The average molecular weight is 301 g/mol. The minimum atomic E-state index is -0.311. The number of carbonyl (C=O) groups excluding carboxylic acids is 1. The maximum absolute atomic E-state index is 12.1. The van der Waals surface area contributed by atoms with Crippen molar-refractivity contribution in [3.63, 3.8) is 0 Å². The Labute approximate surface area is 123 Å². The predicted octanol–water partition coefficient (Wildman–Crippen LogP) is 2.34. The van der Waals surface area contributed by atoms with E-state index in [0.717, 1.165) is 11.1 Å². The number of hydrogen-bond acceptors (Lipinski definition) is 7. The van der Waals surface area contributed by atoms with Gasteiger partial charge in [0.25, 0.3) is 5.91 Å². The summed E-state index contributed by atoms with van der Waals surface area (Å²) in [6.07, 6.45) is 1.26. The first-order valence-corrected chi connectivity index (χ1v) is 6.91. The third-order valence-corrected chi connectivity index (χ3v) is 3.52. The van der Waals surface area contributed by atoms with Crippen molar-refractivity contribution in [3.8, 4) is 11.5 Å². The van der Waals surface area contributed by atoms with E-state index in [-0.39, 0.29) is 5.91 Å². The van der Waals surface area contributed by atoms with Gasteiger partial charge >= 0.3 is 0 Å². The summed E-state index contributed by atoms with van der Waals surface area (Å²) in [5, 5.41) is 12.2. The van der Waals surface area contributed by atoms with Crippen LogP contribution in [0, 0.1) is 6.92 Å². The summed E-state index contributed by atoms with van der Waals surface area (Å²) < 4.78 is 5.15. The summed E-state index contributed by atoms with van der Waals surface area (Å²) in [7, 11) is 0. The molecule has 0 spiro atoms. The Morgan fingerprint density at radius 2 is 2.29 bits per heavy atom. The van der Waals surface area contributed by atoms with Crippen molar-refractivity contribution in [2.24, 2.45) is 0 Å². The van der Waals surface area contributed by atoms with Gasteiger partial charge in [-0.1, -0.05) is 6.07 Å². The Kier molecular flexibility index (Phi) is 3.36. The lowest BCUT2D eigenvalue weighted by atomic mass is 10.1. The zero-order valence-electron chi connectivity index (χ0n) is 11.0. The van der Waals surface area contributed by atoms with Gasteiger partial charge in [0.2, 0.25) is 12.3 Å². The van der Waals surface area contributed by atoms with Crippen molar-refractivity contribution >= 4 is 28.1 Å². The highest BCUT2D eigenvalue weighted by atomic mass is 32.1. The second-order valence-electron chi connectivity index (χ2n) is 4.30. The molecule has 0 fully saturated rings. The lowest BCUT2D eigenvalue weighted by Gasteiger charge is -2.08. The Bertz CT molecular complexity index is 782. The van der Waals surface area contributed by atoms with E-state index < -0.39 is 0 Å². The van der Waals surface area contributed by atoms with Crippen LogP contribution in [0.25, 0.3) is 11.5 Å². The molecule has 2 aromatic heterocycles. The fraction of sp³-hybridized carbons (Fsp3) is 0.0769. The molecular weight excluding hydrogens is 290 g/mol. The Hall–Kier alpha value is -2.74. The van der Waals surface area contributed by atoms with E-state index in [1.54, 1.807) is 11.4 Å². The van der Waals surface area contributed by atoms with Crippen LogP contribution < -0.4 is 11.1 Å². The van der Waals surface area contributed by atoms with Gasteiger partial charge < -0.3 is 15.5 Å². The van der Waals surface area contributed by atoms with Crippen molar-refractivity contribution in [3.05, 3.63) is 41.2 Å². The normalized spacial score (nSPS) is 10.5. The van der Waals surface area contributed by atoms with Gasteiger partial charge in [-0.25, -0.2) is 4.98 Å². The predicted molar refractivity (Wildman–Crippen MR) is 79.0 cm³/mol. The summed E-state index contributed by atoms with van der Waals surface area (Å²) in [5.74, 6) is 0.0807. The molecule has 0 saturated heterocycles. The number of nitrogens with one attached hydrogen (secondary N) is 1. The first-order chi connectivity index (χ1) is 10.1. The second kappa shape index (κ2) is 5.33. The molecule has 3 N–H and O–H groups in total. The van der Waals surface area contributed by atoms with Crippen LogP contribution in [0.5, 0.6) is 0 Å². The van der Waals surface area contributed by atoms with Crippen LogP contribution in [-0.2, 0) is 0 Å². The fourth-order valence-electron chi connectivity index (χ4n) is 1.77. The van der Waals surface area contributed by atoms with Crippen molar-refractivity contribution in [2.75, 3.05) is 11.1 Å². The van der Waals surface area contributed by atoms with Gasteiger partial charge in [0, 0.05) is 16.6 Å². The maximum Gasteiger partial charge on any atom is 0.275 e. The third-order valence-electron chi connectivity index (χ3n) is 2.85. The van der Waals surface area contributed by atoms with E-state index in [1.807, 2.05) is 19.1 Å². The fourth-order valence-corrected chi connectivity index (χ4v) is 2.31. The van der Waals surface area contributed by atoms with Gasteiger partial charge in [-0.05, 0) is 24.6 Å². The lowest BCUT2D eigenvalue weighted by Crippen LogP contribution is -2.13. The smallest absolute Gasteiger partial charge is 0.275 e. The monoisotopic (exact) mass is 301 g/mol. The Morgan fingerprint density at radius 3 is 2.95 bits per heavy atom. The molecule has 0 radical (unpaired) electrons. The van der Waals surface area contributed by atoms with E-state index in [4.69, 9.17) is 10.2 Å². The van der Waals surface area contributed by atoms with E-state index in [2.05, 4.69) is 20.5 Å². The molecule has 3 rings (SSSR count). The number of carbonyl (C=O) groups is 1. The zero-order chi connectivity index (χ0) is 14.8. The number of aromatic nitrogens is 3. The number of hydrogen-bond donors (Lipinski definition) is 2. The Morgan fingerprint density at radius 1 is 1.43 bits per heavy atom.